The highest BCUT2D eigenvalue weighted by atomic mass is 35.5. The van der Waals surface area contributed by atoms with Gasteiger partial charge in [-0.25, -0.2) is 0 Å². The van der Waals surface area contributed by atoms with Crippen molar-refractivity contribution in [3.05, 3.63) is 63.6 Å². The number of halogens is 2. The first-order chi connectivity index (χ1) is 15.1. The highest BCUT2D eigenvalue weighted by molar-refractivity contribution is 6.36. The average Bonchev–Trinajstić information content (AvgIpc) is 2.77. The van der Waals surface area contributed by atoms with Gasteiger partial charge in [-0.3, -0.25) is 9.59 Å². The third-order valence-corrected chi connectivity index (χ3v) is 6.18. The number of hydrogen-bond acceptors (Lipinski definition) is 3. The smallest absolute Gasteiger partial charge is 0.261 e. The van der Waals surface area contributed by atoms with E-state index in [-0.39, 0.29) is 31.0 Å². The van der Waals surface area contributed by atoms with Gasteiger partial charge in [-0.05, 0) is 56.0 Å². The molecule has 32 heavy (non-hydrogen) atoms. The Bertz CT molecular complexity index is 896. The van der Waals surface area contributed by atoms with E-state index in [1.54, 1.807) is 25.1 Å². The Hall–Kier alpha value is -2.24. The van der Waals surface area contributed by atoms with Gasteiger partial charge >= 0.3 is 0 Å². The minimum atomic E-state index is -0.726. The Kier molecular flexibility index (Phi) is 9.85. The average molecular weight is 479 g/mol. The van der Waals surface area contributed by atoms with Gasteiger partial charge in [0.1, 0.15) is 11.8 Å². The molecule has 2 unspecified atom stereocenters. The van der Waals surface area contributed by atoms with E-state index in [1.807, 2.05) is 38.1 Å². The van der Waals surface area contributed by atoms with Crippen LogP contribution in [0.5, 0.6) is 5.75 Å². The first kappa shape index (κ1) is 26.0. The molecular weight excluding hydrogens is 447 g/mol. The Labute approximate surface area is 201 Å². The summed E-state index contributed by atoms with van der Waals surface area (Å²) in [6, 6.07) is 12.1. The zero-order valence-corrected chi connectivity index (χ0v) is 20.8. The topological polar surface area (TPSA) is 58.6 Å². The van der Waals surface area contributed by atoms with E-state index in [9.17, 15) is 9.59 Å². The predicted octanol–water partition coefficient (Wildman–Crippen LogP) is 5.83. The van der Waals surface area contributed by atoms with Crippen LogP contribution in [0.15, 0.2) is 42.5 Å². The zero-order chi connectivity index (χ0) is 23.8. The molecule has 0 spiro atoms. The van der Waals surface area contributed by atoms with Crippen LogP contribution in [0.4, 0.5) is 0 Å². The van der Waals surface area contributed by atoms with Crippen molar-refractivity contribution in [1.82, 2.24) is 10.2 Å². The lowest BCUT2D eigenvalue weighted by atomic mass is 10.0. The molecule has 7 heteroatoms. The number of carbonyl (C=O) groups is 2. The summed E-state index contributed by atoms with van der Waals surface area (Å²) in [4.78, 5) is 27.4. The van der Waals surface area contributed by atoms with E-state index >= 15 is 0 Å². The fourth-order valence-corrected chi connectivity index (χ4v) is 3.60. The van der Waals surface area contributed by atoms with Crippen LogP contribution < -0.4 is 10.1 Å². The van der Waals surface area contributed by atoms with Gasteiger partial charge in [0.2, 0.25) is 5.91 Å². The Morgan fingerprint density at radius 1 is 1.00 bits per heavy atom. The first-order valence-electron chi connectivity index (χ1n) is 10.9. The maximum atomic E-state index is 13.2. The minimum Gasteiger partial charge on any atom is -0.484 e. The van der Waals surface area contributed by atoms with Crippen molar-refractivity contribution in [2.24, 2.45) is 0 Å². The molecular formula is C25H32Cl2N2O3. The molecule has 0 bridgehead atoms. The molecule has 0 aromatic heterocycles. The van der Waals surface area contributed by atoms with Gasteiger partial charge in [-0.2, -0.15) is 0 Å². The van der Waals surface area contributed by atoms with Crippen LogP contribution in [0.25, 0.3) is 0 Å². The van der Waals surface area contributed by atoms with Crippen LogP contribution in [0.1, 0.15) is 58.1 Å². The largest absolute Gasteiger partial charge is 0.484 e. The molecule has 2 amide bonds. The number of benzene rings is 2. The minimum absolute atomic E-state index is 0.00141. The van der Waals surface area contributed by atoms with E-state index in [0.717, 1.165) is 6.42 Å². The highest BCUT2D eigenvalue weighted by Crippen LogP contribution is 2.27. The number of amides is 2. The number of hydrogen-bond donors (Lipinski definition) is 1. The molecule has 2 rings (SSSR count). The molecule has 2 aromatic rings. The van der Waals surface area contributed by atoms with Gasteiger partial charge < -0.3 is 15.0 Å². The van der Waals surface area contributed by atoms with E-state index in [2.05, 4.69) is 19.2 Å². The van der Waals surface area contributed by atoms with Crippen molar-refractivity contribution >= 4 is 35.0 Å². The summed E-state index contributed by atoms with van der Waals surface area (Å²) < 4.78 is 5.72. The molecule has 174 valence electrons. The number of rotatable bonds is 10. The second kappa shape index (κ2) is 12.1. The van der Waals surface area contributed by atoms with Gasteiger partial charge in [-0.15, -0.1) is 0 Å². The van der Waals surface area contributed by atoms with Crippen molar-refractivity contribution in [2.75, 3.05) is 6.61 Å². The fraction of sp³-hybridized carbons (Fsp3) is 0.440. The summed E-state index contributed by atoms with van der Waals surface area (Å²) in [5.41, 5.74) is 1.78. The molecule has 2 aromatic carbocycles. The molecule has 0 saturated carbocycles. The maximum Gasteiger partial charge on any atom is 0.261 e. The van der Waals surface area contributed by atoms with Crippen molar-refractivity contribution in [3.8, 4) is 5.75 Å². The summed E-state index contributed by atoms with van der Waals surface area (Å²) in [6.45, 7) is 9.72. The second-order valence-electron chi connectivity index (χ2n) is 8.23. The van der Waals surface area contributed by atoms with Crippen LogP contribution in [0.3, 0.4) is 0 Å². The maximum absolute atomic E-state index is 13.2. The normalized spacial score (nSPS) is 12.9. The quantitative estimate of drug-likeness (QED) is 0.467. The van der Waals surface area contributed by atoms with Crippen molar-refractivity contribution in [1.29, 1.82) is 0 Å². The van der Waals surface area contributed by atoms with Gasteiger partial charge in [0, 0.05) is 28.2 Å². The van der Waals surface area contributed by atoms with Crippen molar-refractivity contribution < 1.29 is 14.3 Å². The van der Waals surface area contributed by atoms with E-state index in [1.165, 1.54) is 10.5 Å². The molecule has 1 N–H and O–H groups in total. The van der Waals surface area contributed by atoms with Gasteiger partial charge in [0.05, 0.1) is 0 Å². The molecule has 0 aliphatic heterocycles. The van der Waals surface area contributed by atoms with Crippen LogP contribution in [-0.4, -0.2) is 35.4 Å². The summed E-state index contributed by atoms with van der Waals surface area (Å²) in [5.74, 6) is 0.430. The van der Waals surface area contributed by atoms with E-state index in [4.69, 9.17) is 27.9 Å². The molecule has 2 atom stereocenters. The van der Waals surface area contributed by atoms with Crippen LogP contribution >= 0.6 is 23.2 Å². The lowest BCUT2D eigenvalue weighted by Crippen LogP contribution is -2.50. The first-order valence-corrected chi connectivity index (χ1v) is 11.6. The fourth-order valence-electron chi connectivity index (χ4n) is 3.08. The van der Waals surface area contributed by atoms with Gasteiger partial charge in [0.25, 0.3) is 5.91 Å². The molecule has 0 radical (unpaired) electrons. The third kappa shape index (κ3) is 7.14. The van der Waals surface area contributed by atoms with Gasteiger partial charge in [-0.1, -0.05) is 62.2 Å². The highest BCUT2D eigenvalue weighted by Gasteiger charge is 2.28. The number of carbonyl (C=O) groups excluding carboxylic acids is 2. The van der Waals surface area contributed by atoms with Crippen LogP contribution in [0.2, 0.25) is 10.0 Å². The Morgan fingerprint density at radius 2 is 1.59 bits per heavy atom. The number of nitrogens with one attached hydrogen (secondary N) is 1. The monoisotopic (exact) mass is 478 g/mol. The molecule has 0 heterocycles. The predicted molar refractivity (Wildman–Crippen MR) is 130 cm³/mol. The number of ether oxygens (including phenoxy) is 1. The van der Waals surface area contributed by atoms with E-state index in [0.29, 0.717) is 27.3 Å². The molecule has 0 aliphatic rings. The standard InChI is InChI=1S/C25H32Cl2N2O3/c1-6-17(4)28-25(31)18(5)29(14-21-22(26)8-7-9-23(21)27)24(30)15-32-20-12-10-19(11-13-20)16(2)3/h7-13,16-18H,6,14-15H2,1-5H3,(H,28,31). The lowest BCUT2D eigenvalue weighted by Gasteiger charge is -2.30. The molecule has 0 fully saturated rings. The van der Waals surface area contributed by atoms with Crippen molar-refractivity contribution in [3.63, 3.8) is 0 Å². The Balaban J connectivity index is 2.20. The second-order valence-corrected chi connectivity index (χ2v) is 9.04. The molecule has 0 saturated heterocycles. The van der Waals surface area contributed by atoms with Gasteiger partial charge in [0.15, 0.2) is 6.61 Å². The van der Waals surface area contributed by atoms with Crippen LogP contribution in [-0.2, 0) is 16.1 Å². The number of nitrogens with zero attached hydrogens (tertiary/aromatic N) is 1. The van der Waals surface area contributed by atoms with Crippen molar-refractivity contribution in [2.45, 2.75) is 65.6 Å². The van der Waals surface area contributed by atoms with E-state index < -0.39 is 6.04 Å². The summed E-state index contributed by atoms with van der Waals surface area (Å²) in [6.07, 6.45) is 0.790. The van der Waals surface area contributed by atoms with Crippen LogP contribution in [0, 0.1) is 0 Å². The lowest BCUT2D eigenvalue weighted by molar-refractivity contribution is -0.142. The SMILES string of the molecule is CCC(C)NC(=O)C(C)N(Cc1c(Cl)cccc1Cl)C(=O)COc1ccc(C(C)C)cc1. The Morgan fingerprint density at radius 3 is 2.12 bits per heavy atom. The zero-order valence-electron chi connectivity index (χ0n) is 19.3. The molecule has 5 nitrogen and oxygen atoms in total. The summed E-state index contributed by atoms with van der Waals surface area (Å²) >= 11 is 12.7. The molecule has 0 aliphatic carbocycles. The third-order valence-electron chi connectivity index (χ3n) is 5.47. The summed E-state index contributed by atoms with van der Waals surface area (Å²) in [7, 11) is 0. The summed E-state index contributed by atoms with van der Waals surface area (Å²) in [5, 5.41) is 3.81.